The smallest absolute Gasteiger partial charge is 0.255 e. The number of carbonyl (C=O) groups excluding carboxylic acids is 4. The van der Waals surface area contributed by atoms with Crippen molar-refractivity contribution in [2.24, 2.45) is 0 Å². The summed E-state index contributed by atoms with van der Waals surface area (Å²) in [5.41, 5.74) is 2.47. The van der Waals surface area contributed by atoms with Crippen molar-refractivity contribution in [3.63, 3.8) is 0 Å². The van der Waals surface area contributed by atoms with E-state index in [4.69, 9.17) is 16.3 Å². The third kappa shape index (κ3) is 5.55. The third-order valence-corrected chi connectivity index (χ3v) is 8.12. The van der Waals surface area contributed by atoms with Crippen LogP contribution in [-0.2, 0) is 20.9 Å². The number of likely N-dealkylation sites (tertiary alicyclic amines) is 1. The predicted molar refractivity (Wildman–Crippen MR) is 142 cm³/mol. The standard InChI is InChI=1S/C29H32ClN3O5/c30-23-8-2-1-6-20(23)19-13-15-32(16-14-19)27(35)10-3-4-17-38-25-9-5-7-21-22(25)18-33(29(21)37)24-11-12-26(34)31-28(24)36/h1-2,5-9,19,24H,3-4,10-18H2,(H,31,34,36). The van der Waals surface area contributed by atoms with Crippen LogP contribution in [0.5, 0.6) is 5.75 Å². The molecule has 2 aromatic rings. The van der Waals surface area contributed by atoms with Gasteiger partial charge in [-0.05, 0) is 61.8 Å². The molecule has 0 bridgehead atoms. The Morgan fingerprint density at radius 3 is 2.55 bits per heavy atom. The number of nitrogens with zero attached hydrogens (tertiary/aromatic N) is 2. The fourth-order valence-electron chi connectivity index (χ4n) is 5.66. The second-order valence-electron chi connectivity index (χ2n) is 10.2. The molecule has 4 amide bonds. The number of piperidine rings is 2. The van der Waals surface area contributed by atoms with Gasteiger partial charge in [0.2, 0.25) is 17.7 Å². The number of hydrogen-bond donors (Lipinski definition) is 1. The lowest BCUT2D eigenvalue weighted by atomic mass is 9.89. The Hall–Kier alpha value is -3.39. The van der Waals surface area contributed by atoms with E-state index in [2.05, 4.69) is 11.4 Å². The summed E-state index contributed by atoms with van der Waals surface area (Å²) < 4.78 is 6.01. The van der Waals surface area contributed by atoms with Gasteiger partial charge in [0, 0.05) is 42.1 Å². The SMILES string of the molecule is O=C1CCC(N2Cc3c(OCCCCC(=O)N4CCC(c5ccccc5Cl)CC4)cccc3C2=O)C(=O)N1. The van der Waals surface area contributed by atoms with Gasteiger partial charge < -0.3 is 14.5 Å². The second kappa shape index (κ2) is 11.6. The maximum absolute atomic E-state index is 13.0. The van der Waals surface area contributed by atoms with Gasteiger partial charge in [-0.3, -0.25) is 24.5 Å². The minimum atomic E-state index is -0.652. The summed E-state index contributed by atoms with van der Waals surface area (Å²) in [5.74, 6) is 0.241. The highest BCUT2D eigenvalue weighted by Gasteiger charge is 2.40. The van der Waals surface area contributed by atoms with Crippen LogP contribution in [0, 0.1) is 0 Å². The number of amides is 4. The first kappa shape index (κ1) is 26.2. The zero-order valence-electron chi connectivity index (χ0n) is 21.3. The minimum absolute atomic E-state index is 0.175. The van der Waals surface area contributed by atoms with E-state index < -0.39 is 11.9 Å². The molecule has 2 fully saturated rings. The van der Waals surface area contributed by atoms with Crippen molar-refractivity contribution < 1.29 is 23.9 Å². The number of carbonyl (C=O) groups is 4. The van der Waals surface area contributed by atoms with E-state index in [1.54, 1.807) is 12.1 Å². The molecular weight excluding hydrogens is 506 g/mol. The van der Waals surface area contributed by atoms with E-state index in [-0.39, 0.29) is 30.7 Å². The molecule has 1 atom stereocenters. The van der Waals surface area contributed by atoms with Gasteiger partial charge in [-0.15, -0.1) is 0 Å². The normalized spacial score (nSPS) is 19.9. The number of benzene rings is 2. The van der Waals surface area contributed by atoms with Crippen LogP contribution in [0.25, 0.3) is 0 Å². The van der Waals surface area contributed by atoms with Crippen molar-refractivity contribution in [2.75, 3.05) is 19.7 Å². The van der Waals surface area contributed by atoms with Gasteiger partial charge in [0.05, 0.1) is 13.2 Å². The molecule has 1 unspecified atom stereocenters. The summed E-state index contributed by atoms with van der Waals surface area (Å²) >= 11 is 6.35. The van der Waals surface area contributed by atoms with Crippen molar-refractivity contribution in [3.8, 4) is 5.75 Å². The molecule has 1 N–H and O–H groups in total. The fourth-order valence-corrected chi connectivity index (χ4v) is 5.95. The molecule has 0 aromatic heterocycles. The number of rotatable bonds is 8. The molecule has 38 heavy (non-hydrogen) atoms. The number of halogens is 1. The zero-order valence-corrected chi connectivity index (χ0v) is 22.0. The van der Waals surface area contributed by atoms with Crippen LogP contribution in [0.1, 0.15) is 72.3 Å². The van der Waals surface area contributed by atoms with Crippen LogP contribution in [0.4, 0.5) is 0 Å². The first-order chi connectivity index (χ1) is 18.4. The highest BCUT2D eigenvalue weighted by atomic mass is 35.5. The zero-order chi connectivity index (χ0) is 26.6. The molecule has 200 valence electrons. The highest BCUT2D eigenvalue weighted by Crippen LogP contribution is 2.34. The van der Waals surface area contributed by atoms with Crippen LogP contribution in [0.3, 0.4) is 0 Å². The third-order valence-electron chi connectivity index (χ3n) is 7.77. The number of nitrogens with one attached hydrogen (secondary N) is 1. The highest BCUT2D eigenvalue weighted by molar-refractivity contribution is 6.31. The van der Waals surface area contributed by atoms with Gasteiger partial charge in [0.15, 0.2) is 0 Å². The largest absolute Gasteiger partial charge is 0.493 e. The monoisotopic (exact) mass is 537 g/mol. The lowest BCUT2D eigenvalue weighted by Crippen LogP contribution is -2.52. The Kier molecular flexibility index (Phi) is 7.98. The van der Waals surface area contributed by atoms with Crippen LogP contribution in [0.15, 0.2) is 42.5 Å². The maximum atomic E-state index is 13.0. The van der Waals surface area contributed by atoms with Crippen LogP contribution < -0.4 is 10.1 Å². The maximum Gasteiger partial charge on any atom is 0.255 e. The molecule has 0 radical (unpaired) electrons. The molecule has 3 aliphatic rings. The Balaban J connectivity index is 1.06. The number of unbranched alkanes of at least 4 members (excludes halogenated alkanes) is 1. The summed E-state index contributed by atoms with van der Waals surface area (Å²) in [5, 5.41) is 3.12. The number of imide groups is 1. The Labute approximate surface area is 227 Å². The van der Waals surface area contributed by atoms with Gasteiger partial charge in [-0.25, -0.2) is 0 Å². The Morgan fingerprint density at radius 2 is 1.79 bits per heavy atom. The van der Waals surface area contributed by atoms with E-state index in [0.29, 0.717) is 36.7 Å². The molecule has 9 heteroatoms. The molecule has 3 aliphatic heterocycles. The van der Waals surface area contributed by atoms with Crippen molar-refractivity contribution in [1.82, 2.24) is 15.1 Å². The van der Waals surface area contributed by atoms with Gasteiger partial charge in [0.25, 0.3) is 5.91 Å². The molecule has 3 heterocycles. The van der Waals surface area contributed by atoms with Crippen molar-refractivity contribution in [2.45, 2.75) is 63.5 Å². The molecule has 8 nitrogen and oxygen atoms in total. The molecule has 2 saturated heterocycles. The topological polar surface area (TPSA) is 96.0 Å². The summed E-state index contributed by atoms with van der Waals surface area (Å²) in [6, 6.07) is 12.6. The molecule has 2 aromatic carbocycles. The second-order valence-corrected chi connectivity index (χ2v) is 10.6. The quantitative estimate of drug-likeness (QED) is 0.405. The number of fused-ring (bicyclic) bond motifs is 1. The van der Waals surface area contributed by atoms with Crippen molar-refractivity contribution in [1.29, 1.82) is 0 Å². The lowest BCUT2D eigenvalue weighted by molar-refractivity contribution is -0.137. The molecule has 0 aliphatic carbocycles. The lowest BCUT2D eigenvalue weighted by Gasteiger charge is -2.32. The number of ether oxygens (including phenoxy) is 1. The minimum Gasteiger partial charge on any atom is -0.493 e. The predicted octanol–water partition coefficient (Wildman–Crippen LogP) is 4.06. The van der Waals surface area contributed by atoms with Gasteiger partial charge in [0.1, 0.15) is 11.8 Å². The van der Waals surface area contributed by atoms with Gasteiger partial charge in [-0.2, -0.15) is 0 Å². The first-order valence-corrected chi connectivity index (χ1v) is 13.7. The fraction of sp³-hybridized carbons (Fsp3) is 0.448. The van der Waals surface area contributed by atoms with E-state index in [9.17, 15) is 19.2 Å². The van der Waals surface area contributed by atoms with E-state index in [0.717, 1.165) is 49.4 Å². The molecular formula is C29H32ClN3O5. The first-order valence-electron chi connectivity index (χ1n) is 13.3. The van der Waals surface area contributed by atoms with Crippen molar-refractivity contribution >= 4 is 35.2 Å². The van der Waals surface area contributed by atoms with Crippen LogP contribution in [-0.4, -0.2) is 59.2 Å². The Morgan fingerprint density at radius 1 is 1.00 bits per heavy atom. The molecule has 5 rings (SSSR count). The van der Waals surface area contributed by atoms with Crippen LogP contribution >= 0.6 is 11.6 Å². The molecule has 0 spiro atoms. The molecule has 0 saturated carbocycles. The number of hydrogen-bond acceptors (Lipinski definition) is 5. The summed E-state index contributed by atoms with van der Waals surface area (Å²) in [6.45, 7) is 2.21. The van der Waals surface area contributed by atoms with Crippen LogP contribution in [0.2, 0.25) is 5.02 Å². The van der Waals surface area contributed by atoms with Crippen molar-refractivity contribution in [3.05, 3.63) is 64.2 Å². The van der Waals surface area contributed by atoms with E-state index in [1.165, 1.54) is 10.5 Å². The summed E-state index contributed by atoms with van der Waals surface area (Å²) in [6.07, 6.45) is 4.31. The summed E-state index contributed by atoms with van der Waals surface area (Å²) in [7, 11) is 0. The Bertz CT molecular complexity index is 1240. The summed E-state index contributed by atoms with van der Waals surface area (Å²) in [4.78, 5) is 52.9. The van der Waals surface area contributed by atoms with E-state index in [1.807, 2.05) is 29.2 Å². The average Bonchev–Trinajstić information content (AvgIpc) is 3.25. The van der Waals surface area contributed by atoms with E-state index >= 15 is 0 Å². The van der Waals surface area contributed by atoms with Gasteiger partial charge in [-0.1, -0.05) is 35.9 Å². The average molecular weight is 538 g/mol. The van der Waals surface area contributed by atoms with Gasteiger partial charge >= 0.3 is 0 Å².